The highest BCUT2D eigenvalue weighted by Crippen LogP contribution is 2.67. The lowest BCUT2D eigenvalue weighted by atomic mass is 9.95. The first-order valence-corrected chi connectivity index (χ1v) is 21.7. The van der Waals surface area contributed by atoms with E-state index in [1.165, 1.54) is 12.1 Å². The van der Waals surface area contributed by atoms with Gasteiger partial charge >= 0.3 is 23.7 Å². The standard InChI is InChI=1S/C47H42F6O5S2/c1-2-29-18-24-33(25-19-29)42(54)58-55-28-30-20-22-32(23-21-30)39-27-37(44(60-39)57-35-16-10-5-11-17-35)41-40(45(48,49)47(52,53)46(41,50)51)36-26-38(31-12-6-3-7-13-31)59-43(36)56-34-14-8-4-9-15-34/h2-3,6-7,12-13,18-27,34-35H,1,4-5,8-11,14-17,28H2. The van der Waals surface area contributed by atoms with Gasteiger partial charge < -0.3 is 9.47 Å². The van der Waals surface area contributed by atoms with Crippen molar-refractivity contribution in [2.45, 2.75) is 101 Å². The first-order valence-electron chi connectivity index (χ1n) is 20.1. The number of allylic oxidation sites excluding steroid dienone is 2. The number of halogens is 6. The second-order valence-electron chi connectivity index (χ2n) is 15.4. The molecule has 314 valence electrons. The maximum absolute atomic E-state index is 16.5. The molecule has 60 heavy (non-hydrogen) atoms. The zero-order chi connectivity index (χ0) is 42.1. The highest BCUT2D eigenvalue weighted by Gasteiger charge is 2.81. The molecule has 3 aliphatic rings. The quantitative estimate of drug-likeness (QED) is 0.0670. The van der Waals surface area contributed by atoms with Crippen LogP contribution >= 0.6 is 22.7 Å². The zero-order valence-corrected chi connectivity index (χ0v) is 34.1. The lowest BCUT2D eigenvalue weighted by molar-refractivity contribution is -0.254. The van der Waals surface area contributed by atoms with Crippen molar-refractivity contribution in [2.75, 3.05) is 0 Å². The topological polar surface area (TPSA) is 54.0 Å². The van der Waals surface area contributed by atoms with E-state index >= 15 is 26.3 Å². The minimum absolute atomic E-state index is 0.0966. The maximum Gasteiger partial charge on any atom is 0.380 e. The van der Waals surface area contributed by atoms with Crippen LogP contribution in [-0.2, 0) is 16.4 Å². The van der Waals surface area contributed by atoms with Crippen LogP contribution in [0.15, 0.2) is 97.6 Å². The van der Waals surface area contributed by atoms with Crippen LogP contribution in [0.4, 0.5) is 26.3 Å². The van der Waals surface area contributed by atoms with Crippen LogP contribution in [0.5, 0.6) is 10.1 Å². The molecule has 0 N–H and O–H groups in total. The van der Waals surface area contributed by atoms with E-state index in [0.29, 0.717) is 52.1 Å². The summed E-state index contributed by atoms with van der Waals surface area (Å²) in [5, 5.41) is -0.230. The third-order valence-corrected chi connectivity index (χ3v) is 13.4. The number of carbonyl (C=O) groups excluding carboxylic acids is 1. The molecule has 0 spiro atoms. The summed E-state index contributed by atoms with van der Waals surface area (Å²) in [6.07, 6.45) is 8.54. The van der Waals surface area contributed by atoms with Crippen molar-refractivity contribution in [2.24, 2.45) is 0 Å². The lowest BCUT2D eigenvalue weighted by Crippen LogP contribution is -2.48. The summed E-state index contributed by atoms with van der Waals surface area (Å²) in [7, 11) is 0. The average Bonchev–Trinajstić information content (AvgIpc) is 3.89. The third kappa shape index (κ3) is 8.15. The number of benzene rings is 3. The Morgan fingerprint density at radius 2 is 1.13 bits per heavy atom. The van der Waals surface area contributed by atoms with Crippen molar-refractivity contribution in [1.82, 2.24) is 0 Å². The highest BCUT2D eigenvalue weighted by molar-refractivity contribution is 7.18. The number of hydrogen-bond donors (Lipinski definition) is 0. The van der Waals surface area contributed by atoms with E-state index in [0.717, 1.165) is 66.8 Å². The molecule has 3 aromatic carbocycles. The highest BCUT2D eigenvalue weighted by atomic mass is 32.1. The molecule has 13 heteroatoms. The van der Waals surface area contributed by atoms with E-state index in [2.05, 4.69) is 6.58 Å². The molecule has 0 aliphatic heterocycles. The summed E-state index contributed by atoms with van der Waals surface area (Å²) in [4.78, 5) is 23.3. The predicted octanol–water partition coefficient (Wildman–Crippen LogP) is 14.3. The molecule has 5 aromatic rings. The van der Waals surface area contributed by atoms with Gasteiger partial charge in [-0.15, -0.1) is 0 Å². The van der Waals surface area contributed by atoms with Crippen molar-refractivity contribution in [3.05, 3.63) is 125 Å². The van der Waals surface area contributed by atoms with Gasteiger partial charge in [0, 0.05) is 32.0 Å². The number of carbonyl (C=O) groups is 1. The number of alkyl halides is 6. The molecule has 5 nitrogen and oxygen atoms in total. The van der Waals surface area contributed by atoms with Gasteiger partial charge in [-0.25, -0.2) is 4.79 Å². The summed E-state index contributed by atoms with van der Waals surface area (Å²) in [5.74, 6) is -17.0. The van der Waals surface area contributed by atoms with E-state index in [-0.39, 0.29) is 28.4 Å². The Labute approximate surface area is 352 Å². The van der Waals surface area contributed by atoms with Crippen molar-refractivity contribution in [3.8, 4) is 31.0 Å². The van der Waals surface area contributed by atoms with Crippen LogP contribution < -0.4 is 9.47 Å². The van der Waals surface area contributed by atoms with E-state index in [1.54, 1.807) is 84.9 Å². The van der Waals surface area contributed by atoms with Gasteiger partial charge in [0.05, 0.1) is 17.8 Å². The fourth-order valence-corrected chi connectivity index (χ4v) is 10.2. The van der Waals surface area contributed by atoms with Gasteiger partial charge in [0.15, 0.2) is 10.1 Å². The molecule has 2 saturated carbocycles. The molecule has 0 radical (unpaired) electrons. The molecule has 2 heterocycles. The molecule has 0 amide bonds. The van der Waals surface area contributed by atoms with Gasteiger partial charge in [0.25, 0.3) is 0 Å². The third-order valence-electron chi connectivity index (χ3n) is 11.3. The predicted molar refractivity (Wildman–Crippen MR) is 223 cm³/mol. The number of thiophene rings is 2. The smallest absolute Gasteiger partial charge is 0.380 e. The zero-order valence-electron chi connectivity index (χ0n) is 32.5. The normalized spacial score (nSPS) is 19.0. The molecular weight excluding hydrogens is 823 g/mol. The number of rotatable bonds is 13. The van der Waals surface area contributed by atoms with Crippen LogP contribution in [0.2, 0.25) is 0 Å². The number of hydrogen-bond acceptors (Lipinski definition) is 7. The van der Waals surface area contributed by atoms with Crippen LogP contribution in [0.25, 0.3) is 38.1 Å². The van der Waals surface area contributed by atoms with Gasteiger partial charge in [-0.2, -0.15) is 31.2 Å². The molecule has 0 unspecified atom stereocenters. The first-order chi connectivity index (χ1) is 28.9. The van der Waals surface area contributed by atoms with Gasteiger partial charge in [0.2, 0.25) is 0 Å². The number of ether oxygens (including phenoxy) is 2. The molecule has 2 fully saturated rings. The Kier molecular flexibility index (Phi) is 12.0. The van der Waals surface area contributed by atoms with Gasteiger partial charge in [0.1, 0.15) is 6.61 Å². The summed E-state index contributed by atoms with van der Waals surface area (Å²) >= 11 is 1.92. The summed E-state index contributed by atoms with van der Waals surface area (Å²) in [6.45, 7) is 3.56. The molecular formula is C47H42F6O5S2. The fraction of sp³-hybridized carbons (Fsp3) is 0.340. The van der Waals surface area contributed by atoms with Gasteiger partial charge in [-0.1, -0.05) is 115 Å². The van der Waals surface area contributed by atoms with Crippen molar-refractivity contribution in [1.29, 1.82) is 0 Å². The van der Waals surface area contributed by atoms with Crippen molar-refractivity contribution in [3.63, 3.8) is 0 Å². The van der Waals surface area contributed by atoms with Crippen LogP contribution in [0, 0.1) is 0 Å². The van der Waals surface area contributed by atoms with Crippen molar-refractivity contribution >= 4 is 45.9 Å². The fourth-order valence-electron chi connectivity index (χ4n) is 7.98. The maximum atomic E-state index is 16.5. The van der Waals surface area contributed by atoms with Crippen molar-refractivity contribution < 1.29 is 50.4 Å². The lowest BCUT2D eigenvalue weighted by Gasteiger charge is -2.26. The molecule has 0 atom stereocenters. The van der Waals surface area contributed by atoms with Gasteiger partial charge in [-0.05, 0) is 97.9 Å². The largest absolute Gasteiger partial charge is 0.480 e. The van der Waals surface area contributed by atoms with Crippen LogP contribution in [0.3, 0.4) is 0 Å². The Hall–Kier alpha value is -4.85. The van der Waals surface area contributed by atoms with Crippen LogP contribution in [0.1, 0.15) is 96.8 Å². The summed E-state index contributed by atoms with van der Waals surface area (Å²) in [6, 6.07) is 24.5. The second kappa shape index (κ2) is 17.3. The molecule has 0 saturated heterocycles. The van der Waals surface area contributed by atoms with Crippen LogP contribution in [-0.4, -0.2) is 35.9 Å². The van der Waals surface area contributed by atoms with E-state index < -0.39 is 52.1 Å². The molecule has 2 aromatic heterocycles. The minimum Gasteiger partial charge on any atom is -0.480 e. The van der Waals surface area contributed by atoms with E-state index in [4.69, 9.17) is 19.2 Å². The molecule has 3 aliphatic carbocycles. The SMILES string of the molecule is C=Cc1ccc(C(=O)OOCc2ccc(-c3cc(C4=C(c5cc(-c6ccccc6)sc5OC5CCCCC5)C(F)(F)C(F)(F)C4(F)F)c(OC4CCCCC4)s3)cc2)cc1. The molecule has 0 bridgehead atoms. The van der Waals surface area contributed by atoms with E-state index in [1.807, 2.05) is 0 Å². The Balaban J connectivity index is 1.18. The Morgan fingerprint density at radius 3 is 1.62 bits per heavy atom. The Bertz CT molecular complexity index is 2340. The van der Waals surface area contributed by atoms with Gasteiger partial charge in [-0.3, -0.25) is 4.89 Å². The van der Waals surface area contributed by atoms with E-state index in [9.17, 15) is 4.79 Å². The Morgan fingerprint density at radius 1 is 0.650 bits per heavy atom. The first kappa shape index (κ1) is 41.9. The summed E-state index contributed by atoms with van der Waals surface area (Å²) in [5.41, 5.74) is -1.11. The second-order valence-corrected chi connectivity index (χ2v) is 17.4. The average molecular weight is 865 g/mol. The molecule has 8 rings (SSSR count). The minimum atomic E-state index is -5.77. The monoisotopic (exact) mass is 864 g/mol. The summed E-state index contributed by atoms with van der Waals surface area (Å²) < 4.78 is 110.